The van der Waals surface area contributed by atoms with Crippen molar-refractivity contribution < 1.29 is 0 Å². The molecule has 0 aliphatic rings. The fraction of sp³-hybridized carbons (Fsp3) is 0. The van der Waals surface area contributed by atoms with Crippen LogP contribution in [0.15, 0.2) is 352 Å². The molecule has 0 amide bonds. The number of fused-ring (bicyclic) bond motifs is 18. The maximum atomic E-state index is 10.7. The molecule has 16 aromatic carbocycles. The van der Waals surface area contributed by atoms with Crippen LogP contribution in [0.4, 0.5) is 0 Å². The van der Waals surface area contributed by atoms with E-state index in [2.05, 4.69) is 331 Å². The van der Waals surface area contributed by atoms with Crippen molar-refractivity contribution in [2.75, 3.05) is 0 Å². The highest BCUT2D eigenvalue weighted by atomic mass is 15.0. The maximum absolute atomic E-state index is 10.7. The highest BCUT2D eigenvalue weighted by Gasteiger charge is 2.25. The molecule has 10 heteroatoms. The molecule has 508 valence electrons. The van der Waals surface area contributed by atoms with Crippen LogP contribution in [0, 0.1) is 45.3 Å². The molecule has 110 heavy (non-hydrogen) atoms. The van der Waals surface area contributed by atoms with E-state index in [1.807, 2.05) is 72.8 Å². The van der Waals surface area contributed by atoms with Gasteiger partial charge >= 0.3 is 0 Å². The summed E-state index contributed by atoms with van der Waals surface area (Å²) in [6.07, 6.45) is 0. The number of nitriles is 4. The Morgan fingerprint density at radius 2 is 0.509 bits per heavy atom. The molecular formula is C100H58N10. The summed E-state index contributed by atoms with van der Waals surface area (Å²) in [7, 11) is 0. The van der Waals surface area contributed by atoms with Crippen molar-refractivity contribution in [3.63, 3.8) is 0 Å². The first-order chi connectivity index (χ1) is 54.4. The normalized spacial score (nSPS) is 11.6. The standard InChI is InChI=1S/2C50H29N5/c51-30-33-13-10-20-37(32-12-9-15-35(28-32)54-46-24-7-3-18-40(46)42-21-11-14-34(31-52)50(42)54)49(33)55-47-25-8-4-19-41(47)43-29-36(26-27-48(43)55)53-44-22-5-1-16-38(44)39-17-2-6-23-45(39)53;51-30-32-23-25-37(33-11-9-13-35(28-33)54-46-21-7-3-16-40(46)42-18-10-12-34(31-52)50(42)54)49(27-32)55-47-22-8-4-17-41(47)43-29-36(24-26-48(43)55)53-44-19-5-1-14-38(44)39-15-2-6-20-45(39)53/h2*1-29H. The highest BCUT2D eigenvalue weighted by Crippen LogP contribution is 2.45. The Bertz CT molecular complexity index is 7760. The summed E-state index contributed by atoms with van der Waals surface area (Å²) in [5, 5.41) is 55.0. The molecule has 0 fully saturated rings. The van der Waals surface area contributed by atoms with Gasteiger partial charge in [0.25, 0.3) is 0 Å². The number of nitrogens with zero attached hydrogens (tertiary/aromatic N) is 10. The van der Waals surface area contributed by atoms with Gasteiger partial charge in [-0.25, -0.2) is 0 Å². The quantitative estimate of drug-likeness (QED) is 0.150. The summed E-state index contributed by atoms with van der Waals surface area (Å²) < 4.78 is 13.7. The lowest BCUT2D eigenvalue weighted by Crippen LogP contribution is -2.02. The van der Waals surface area contributed by atoms with Crippen LogP contribution in [0.5, 0.6) is 0 Å². The Morgan fingerprint density at radius 3 is 0.936 bits per heavy atom. The van der Waals surface area contributed by atoms with Gasteiger partial charge in [0.05, 0.1) is 106 Å². The predicted octanol–water partition coefficient (Wildman–Crippen LogP) is 24.8. The smallest absolute Gasteiger partial charge is 0.101 e. The van der Waals surface area contributed by atoms with Crippen LogP contribution in [0.2, 0.25) is 0 Å². The number of rotatable bonds is 8. The van der Waals surface area contributed by atoms with E-state index in [1.54, 1.807) is 0 Å². The summed E-state index contributed by atoms with van der Waals surface area (Å²) in [6.45, 7) is 0. The molecule has 0 atom stereocenters. The first kappa shape index (κ1) is 62.8. The zero-order valence-electron chi connectivity index (χ0n) is 59.0. The first-order valence-electron chi connectivity index (χ1n) is 36.6. The molecular weight excluding hydrogens is 1340 g/mol. The predicted molar refractivity (Wildman–Crippen MR) is 449 cm³/mol. The molecule has 0 N–H and O–H groups in total. The van der Waals surface area contributed by atoms with Crippen LogP contribution in [-0.2, 0) is 0 Å². The van der Waals surface area contributed by atoms with Gasteiger partial charge in [-0.05, 0) is 151 Å². The van der Waals surface area contributed by atoms with Crippen molar-refractivity contribution in [2.45, 2.75) is 0 Å². The summed E-state index contributed by atoms with van der Waals surface area (Å²) >= 11 is 0. The topological polar surface area (TPSA) is 125 Å². The van der Waals surface area contributed by atoms with Crippen LogP contribution < -0.4 is 0 Å². The molecule has 0 unspecified atom stereocenters. The summed E-state index contributed by atoms with van der Waals surface area (Å²) in [5.41, 5.74) is 24.8. The van der Waals surface area contributed by atoms with Crippen molar-refractivity contribution in [1.82, 2.24) is 27.4 Å². The van der Waals surface area contributed by atoms with E-state index in [-0.39, 0.29) is 0 Å². The zero-order chi connectivity index (χ0) is 73.2. The fourth-order valence-corrected chi connectivity index (χ4v) is 17.6. The molecule has 10 nitrogen and oxygen atoms in total. The highest BCUT2D eigenvalue weighted by molar-refractivity contribution is 6.17. The average molecular weight is 1400 g/mol. The minimum Gasteiger partial charge on any atom is -0.309 e. The zero-order valence-corrected chi connectivity index (χ0v) is 59.0. The van der Waals surface area contributed by atoms with Crippen molar-refractivity contribution in [2.24, 2.45) is 0 Å². The summed E-state index contributed by atoms with van der Waals surface area (Å²) in [5.74, 6) is 0. The van der Waals surface area contributed by atoms with Crippen LogP contribution in [0.1, 0.15) is 22.3 Å². The summed E-state index contributed by atoms with van der Waals surface area (Å²) in [6, 6.07) is 132. The number of aromatic nitrogens is 6. The van der Waals surface area contributed by atoms with E-state index in [9.17, 15) is 21.0 Å². The van der Waals surface area contributed by atoms with Crippen molar-refractivity contribution in [3.05, 3.63) is 374 Å². The van der Waals surface area contributed by atoms with E-state index in [0.29, 0.717) is 22.3 Å². The number of benzene rings is 16. The molecule has 0 aliphatic carbocycles. The van der Waals surface area contributed by atoms with Gasteiger partial charge in [0.2, 0.25) is 0 Å². The van der Waals surface area contributed by atoms with Gasteiger partial charge in [0.1, 0.15) is 18.2 Å². The minimum absolute atomic E-state index is 0.584. The van der Waals surface area contributed by atoms with E-state index in [0.717, 1.165) is 155 Å². The molecule has 0 saturated carbocycles. The first-order valence-corrected chi connectivity index (χ1v) is 36.6. The molecule has 0 spiro atoms. The van der Waals surface area contributed by atoms with Crippen LogP contribution >= 0.6 is 0 Å². The molecule has 22 rings (SSSR count). The Kier molecular flexibility index (Phi) is 14.3. The van der Waals surface area contributed by atoms with E-state index in [4.69, 9.17) is 0 Å². The second-order valence-electron chi connectivity index (χ2n) is 27.9. The van der Waals surface area contributed by atoms with Gasteiger partial charge in [-0.2, -0.15) is 21.0 Å². The van der Waals surface area contributed by atoms with Crippen molar-refractivity contribution in [3.8, 4) is 80.7 Å². The van der Waals surface area contributed by atoms with E-state index >= 15 is 0 Å². The minimum atomic E-state index is 0.584. The second-order valence-corrected chi connectivity index (χ2v) is 27.9. The van der Waals surface area contributed by atoms with Gasteiger partial charge in [0.15, 0.2) is 0 Å². The van der Waals surface area contributed by atoms with Gasteiger partial charge in [-0.15, -0.1) is 0 Å². The monoisotopic (exact) mass is 1400 g/mol. The summed E-state index contributed by atoms with van der Waals surface area (Å²) in [4.78, 5) is 0. The third-order valence-electron chi connectivity index (χ3n) is 22.2. The van der Waals surface area contributed by atoms with Crippen LogP contribution in [0.3, 0.4) is 0 Å². The van der Waals surface area contributed by atoms with Gasteiger partial charge in [0, 0.05) is 98.5 Å². The molecule has 0 aliphatic heterocycles. The maximum Gasteiger partial charge on any atom is 0.101 e. The Hall–Kier alpha value is -15.7. The van der Waals surface area contributed by atoms with Crippen LogP contribution in [-0.4, -0.2) is 27.4 Å². The van der Waals surface area contributed by atoms with Gasteiger partial charge in [-0.1, -0.05) is 212 Å². The molecule has 0 radical (unpaired) electrons. The molecule has 6 aromatic heterocycles. The number of para-hydroxylation sites is 11. The van der Waals surface area contributed by atoms with Gasteiger partial charge in [-0.3, -0.25) is 0 Å². The van der Waals surface area contributed by atoms with E-state index < -0.39 is 0 Å². The Labute approximate surface area is 630 Å². The lowest BCUT2D eigenvalue weighted by Gasteiger charge is -2.17. The lowest BCUT2D eigenvalue weighted by molar-refractivity contribution is 1.15. The second kappa shape index (κ2) is 25.0. The largest absolute Gasteiger partial charge is 0.309 e. The van der Waals surface area contributed by atoms with Crippen LogP contribution in [0.25, 0.3) is 187 Å². The molecule has 0 saturated heterocycles. The van der Waals surface area contributed by atoms with Gasteiger partial charge < -0.3 is 27.4 Å². The Morgan fingerprint density at radius 1 is 0.191 bits per heavy atom. The fourth-order valence-electron chi connectivity index (χ4n) is 17.6. The molecule has 22 aromatic rings. The third kappa shape index (κ3) is 9.45. The molecule has 0 bridgehead atoms. The SMILES string of the molecule is N#Cc1ccc(-c2cccc(-n3c4ccccc4c4cccc(C#N)c43)c2)c(-n2c3ccccc3c3cc(-n4c5ccccc5c5ccccc54)ccc32)c1.N#Cc1cccc(-c2cccc(-n3c4ccccc4c4cccc(C#N)c43)c2)c1-n1c2ccccc2c2cc(-n3c4ccccc4c4ccccc43)ccc21. The number of hydrogen-bond donors (Lipinski definition) is 0. The van der Waals surface area contributed by atoms with Crippen molar-refractivity contribution in [1.29, 1.82) is 21.0 Å². The Balaban J connectivity index is 0.000000140. The third-order valence-corrected chi connectivity index (χ3v) is 22.2. The van der Waals surface area contributed by atoms with E-state index in [1.165, 1.54) is 32.6 Å². The number of hydrogen-bond acceptors (Lipinski definition) is 4. The van der Waals surface area contributed by atoms with Crippen molar-refractivity contribution >= 4 is 131 Å². The lowest BCUT2D eigenvalue weighted by atomic mass is 9.99. The molecule has 6 heterocycles. The average Bonchev–Trinajstić information content (AvgIpc) is 1.56.